The highest BCUT2D eigenvalue weighted by Crippen LogP contribution is 2.45. The second kappa shape index (κ2) is 10.4. The topological polar surface area (TPSA) is 37.3 Å². The zero-order valence-corrected chi connectivity index (χ0v) is 15.2. The minimum absolute atomic E-state index is 0.406. The van der Waals surface area contributed by atoms with Crippen LogP contribution in [0.3, 0.4) is 0 Å². The molecule has 2 rings (SSSR count). The molecule has 0 radical (unpaired) electrons. The maximum absolute atomic E-state index is 12.4. The largest absolute Gasteiger partial charge is 0.481 e. The van der Waals surface area contributed by atoms with E-state index in [4.69, 9.17) is 0 Å². The van der Waals surface area contributed by atoms with Gasteiger partial charge >= 0.3 is 5.97 Å². The van der Waals surface area contributed by atoms with E-state index in [1.807, 2.05) is 0 Å². The molecule has 2 saturated carbocycles. The average molecular weight is 323 g/mol. The van der Waals surface area contributed by atoms with Gasteiger partial charge in [-0.3, -0.25) is 4.79 Å². The highest BCUT2D eigenvalue weighted by atomic mass is 16.4. The molecule has 0 aromatic rings. The molecule has 2 heteroatoms. The highest BCUT2D eigenvalue weighted by molar-refractivity contribution is 5.75. The van der Waals surface area contributed by atoms with Crippen molar-refractivity contribution < 1.29 is 9.90 Å². The van der Waals surface area contributed by atoms with Crippen LogP contribution in [0.2, 0.25) is 0 Å². The third-order valence-corrected chi connectivity index (χ3v) is 6.56. The molecule has 0 aromatic heterocycles. The Morgan fingerprint density at radius 1 is 0.609 bits per heavy atom. The fraction of sp³-hybridized carbons (Fsp3) is 0.952. The Balaban J connectivity index is 2.10. The lowest BCUT2D eigenvalue weighted by Gasteiger charge is -2.39. The molecule has 0 aromatic carbocycles. The molecule has 2 nitrogen and oxygen atoms in total. The van der Waals surface area contributed by atoms with Gasteiger partial charge in [0.2, 0.25) is 0 Å². The Hall–Kier alpha value is -0.530. The standard InChI is InChI=1S/C21H38O2/c22-20(23)21(17-13-9-5-2-6-10-14-18-21)19-15-11-7-3-1-4-8-12-16-19/h19H,1-18H2,(H,22,23). The van der Waals surface area contributed by atoms with Gasteiger partial charge in [-0.1, -0.05) is 89.9 Å². The van der Waals surface area contributed by atoms with E-state index in [9.17, 15) is 9.90 Å². The van der Waals surface area contributed by atoms with E-state index in [1.165, 1.54) is 77.0 Å². The van der Waals surface area contributed by atoms with Crippen molar-refractivity contribution in [2.24, 2.45) is 11.3 Å². The van der Waals surface area contributed by atoms with Gasteiger partial charge in [-0.25, -0.2) is 0 Å². The van der Waals surface area contributed by atoms with Gasteiger partial charge < -0.3 is 5.11 Å². The van der Waals surface area contributed by atoms with Crippen LogP contribution in [0.1, 0.15) is 116 Å². The number of carbonyl (C=O) groups is 1. The summed E-state index contributed by atoms with van der Waals surface area (Å²) >= 11 is 0. The molecule has 0 atom stereocenters. The van der Waals surface area contributed by atoms with E-state index in [0.29, 0.717) is 5.92 Å². The molecule has 2 aliphatic rings. The third-order valence-electron chi connectivity index (χ3n) is 6.56. The lowest BCUT2D eigenvalue weighted by atomic mass is 9.64. The molecule has 0 bridgehead atoms. The Bertz CT molecular complexity index is 317. The minimum Gasteiger partial charge on any atom is -0.481 e. The molecule has 0 amide bonds. The van der Waals surface area contributed by atoms with Crippen molar-refractivity contribution >= 4 is 5.97 Å². The summed E-state index contributed by atoms with van der Waals surface area (Å²) in [5, 5.41) is 10.2. The summed E-state index contributed by atoms with van der Waals surface area (Å²) in [5.74, 6) is -0.0438. The van der Waals surface area contributed by atoms with Crippen LogP contribution in [0.25, 0.3) is 0 Å². The summed E-state index contributed by atoms with van der Waals surface area (Å²) in [4.78, 5) is 12.4. The first kappa shape index (κ1) is 18.8. The molecule has 23 heavy (non-hydrogen) atoms. The molecular weight excluding hydrogens is 284 g/mol. The molecule has 0 aliphatic heterocycles. The number of carboxylic acids is 1. The van der Waals surface area contributed by atoms with Crippen molar-refractivity contribution in [1.82, 2.24) is 0 Å². The van der Waals surface area contributed by atoms with E-state index < -0.39 is 11.4 Å². The number of hydrogen-bond acceptors (Lipinski definition) is 1. The summed E-state index contributed by atoms with van der Waals surface area (Å²) in [6, 6.07) is 0. The molecule has 0 heterocycles. The van der Waals surface area contributed by atoms with Gasteiger partial charge in [0.15, 0.2) is 0 Å². The third kappa shape index (κ3) is 5.80. The van der Waals surface area contributed by atoms with Crippen LogP contribution in [0.4, 0.5) is 0 Å². The van der Waals surface area contributed by atoms with Crippen molar-refractivity contribution in [3.8, 4) is 0 Å². The molecule has 0 spiro atoms. The van der Waals surface area contributed by atoms with Crippen molar-refractivity contribution in [3.05, 3.63) is 0 Å². The van der Waals surface area contributed by atoms with E-state index in [0.717, 1.165) is 38.5 Å². The molecule has 0 unspecified atom stereocenters. The number of carboxylic acid groups (broad SMARTS) is 1. The molecular formula is C21H38O2. The first-order valence-corrected chi connectivity index (χ1v) is 10.5. The van der Waals surface area contributed by atoms with Crippen LogP contribution in [-0.4, -0.2) is 11.1 Å². The van der Waals surface area contributed by atoms with Crippen LogP contribution in [0, 0.1) is 11.3 Å². The second-order valence-corrected chi connectivity index (χ2v) is 8.19. The normalized spacial score (nSPS) is 26.3. The lowest BCUT2D eigenvalue weighted by Crippen LogP contribution is -2.39. The zero-order valence-electron chi connectivity index (χ0n) is 15.2. The fourth-order valence-corrected chi connectivity index (χ4v) is 5.05. The second-order valence-electron chi connectivity index (χ2n) is 8.19. The molecule has 1 N–H and O–H groups in total. The van der Waals surface area contributed by atoms with Crippen molar-refractivity contribution in [3.63, 3.8) is 0 Å². The van der Waals surface area contributed by atoms with E-state index in [-0.39, 0.29) is 0 Å². The highest BCUT2D eigenvalue weighted by Gasteiger charge is 2.44. The Morgan fingerprint density at radius 3 is 1.35 bits per heavy atom. The zero-order chi connectivity index (χ0) is 16.4. The van der Waals surface area contributed by atoms with Crippen molar-refractivity contribution in [2.75, 3.05) is 0 Å². The molecule has 2 fully saturated rings. The average Bonchev–Trinajstić information content (AvgIpc) is 2.57. The van der Waals surface area contributed by atoms with Gasteiger partial charge in [-0.2, -0.15) is 0 Å². The fourth-order valence-electron chi connectivity index (χ4n) is 5.05. The predicted octanol–water partition coefficient (Wildman–Crippen LogP) is 6.72. The first-order valence-electron chi connectivity index (χ1n) is 10.5. The van der Waals surface area contributed by atoms with Gasteiger partial charge in [0.1, 0.15) is 0 Å². The van der Waals surface area contributed by atoms with E-state index in [2.05, 4.69) is 0 Å². The number of hydrogen-bond donors (Lipinski definition) is 1. The number of rotatable bonds is 2. The lowest BCUT2D eigenvalue weighted by molar-refractivity contribution is -0.155. The van der Waals surface area contributed by atoms with E-state index >= 15 is 0 Å². The monoisotopic (exact) mass is 322 g/mol. The predicted molar refractivity (Wildman–Crippen MR) is 96.7 cm³/mol. The van der Waals surface area contributed by atoms with Crippen LogP contribution in [0.5, 0.6) is 0 Å². The van der Waals surface area contributed by atoms with Crippen molar-refractivity contribution in [2.45, 2.75) is 116 Å². The number of aliphatic carboxylic acids is 1. The first-order chi connectivity index (χ1) is 11.3. The van der Waals surface area contributed by atoms with Gasteiger partial charge in [-0.15, -0.1) is 0 Å². The van der Waals surface area contributed by atoms with Gasteiger partial charge in [-0.05, 0) is 31.6 Å². The smallest absolute Gasteiger partial charge is 0.309 e. The summed E-state index contributed by atoms with van der Waals surface area (Å²) in [6.45, 7) is 0. The van der Waals surface area contributed by atoms with Gasteiger partial charge in [0.05, 0.1) is 5.41 Å². The van der Waals surface area contributed by atoms with Crippen LogP contribution >= 0.6 is 0 Å². The minimum atomic E-state index is -0.472. The van der Waals surface area contributed by atoms with E-state index in [1.54, 1.807) is 0 Å². The summed E-state index contributed by atoms with van der Waals surface area (Å²) < 4.78 is 0. The Kier molecular flexibility index (Phi) is 8.47. The summed E-state index contributed by atoms with van der Waals surface area (Å²) in [5.41, 5.74) is -0.406. The van der Waals surface area contributed by atoms with Crippen LogP contribution in [0.15, 0.2) is 0 Å². The van der Waals surface area contributed by atoms with Crippen LogP contribution < -0.4 is 0 Å². The molecule has 134 valence electrons. The maximum Gasteiger partial charge on any atom is 0.309 e. The summed E-state index contributed by atoms with van der Waals surface area (Å²) in [7, 11) is 0. The van der Waals surface area contributed by atoms with Gasteiger partial charge in [0, 0.05) is 0 Å². The quantitative estimate of drug-likeness (QED) is 0.612. The van der Waals surface area contributed by atoms with Crippen LogP contribution in [-0.2, 0) is 4.79 Å². The molecule has 2 aliphatic carbocycles. The molecule has 0 saturated heterocycles. The van der Waals surface area contributed by atoms with Crippen molar-refractivity contribution in [1.29, 1.82) is 0 Å². The van der Waals surface area contributed by atoms with Gasteiger partial charge in [0.25, 0.3) is 0 Å². The maximum atomic E-state index is 12.4. The summed E-state index contributed by atoms with van der Waals surface area (Å²) in [6.07, 6.45) is 22.1. The Labute approximate surface area is 143 Å². The SMILES string of the molecule is O=C(O)C1(C2CCCCCCCCC2)CCCCCCCCC1. The Morgan fingerprint density at radius 2 is 0.957 bits per heavy atom.